The van der Waals surface area contributed by atoms with E-state index in [-0.39, 0.29) is 11.9 Å². The molecule has 0 fully saturated rings. The molecule has 0 radical (unpaired) electrons. The first-order chi connectivity index (χ1) is 9.99. The van der Waals surface area contributed by atoms with E-state index in [1.54, 1.807) is 12.3 Å². The number of aromatic nitrogens is 1. The van der Waals surface area contributed by atoms with Crippen LogP contribution in [0.15, 0.2) is 43.9 Å². The third-order valence-corrected chi connectivity index (χ3v) is 4.51. The molecule has 1 heterocycles. The van der Waals surface area contributed by atoms with Gasteiger partial charge in [-0.2, -0.15) is 0 Å². The number of rotatable bonds is 5. The number of likely N-dealkylation sites (N-methyl/N-ethyl adjacent to an activating group) is 1. The Bertz CT molecular complexity index is 614. The van der Waals surface area contributed by atoms with Gasteiger partial charge in [0.25, 0.3) is 0 Å². The molecule has 6 heteroatoms. The molecule has 1 aromatic carbocycles. The lowest BCUT2D eigenvalue weighted by molar-refractivity contribution is 0.531. The van der Waals surface area contributed by atoms with E-state index in [1.807, 2.05) is 19.1 Å². The van der Waals surface area contributed by atoms with Gasteiger partial charge < -0.3 is 5.32 Å². The van der Waals surface area contributed by atoms with Crippen molar-refractivity contribution in [2.45, 2.75) is 19.4 Å². The first-order valence-electron chi connectivity index (χ1n) is 6.49. The highest BCUT2D eigenvalue weighted by Gasteiger charge is 2.17. The van der Waals surface area contributed by atoms with Crippen molar-refractivity contribution in [3.8, 4) is 0 Å². The molecule has 0 saturated carbocycles. The van der Waals surface area contributed by atoms with Gasteiger partial charge in [0, 0.05) is 19.6 Å². The highest BCUT2D eigenvalue weighted by molar-refractivity contribution is 9.11. The molecular weight excluding hydrogens is 467 g/mol. The fraction of sp³-hybridized carbons (Fsp3) is 0.267. The minimum atomic E-state index is -0.238. The largest absolute Gasteiger partial charge is 0.309 e. The summed E-state index contributed by atoms with van der Waals surface area (Å²) < 4.78 is 16.1. The van der Waals surface area contributed by atoms with Gasteiger partial charge in [-0.05, 0) is 74.7 Å². The molecule has 2 rings (SSSR count). The van der Waals surface area contributed by atoms with E-state index in [4.69, 9.17) is 0 Å². The van der Waals surface area contributed by atoms with Crippen molar-refractivity contribution in [2.75, 3.05) is 6.54 Å². The molecule has 1 atom stereocenters. The van der Waals surface area contributed by atoms with Gasteiger partial charge in [0.1, 0.15) is 5.82 Å². The van der Waals surface area contributed by atoms with Gasteiger partial charge in [0.15, 0.2) is 0 Å². The summed E-state index contributed by atoms with van der Waals surface area (Å²) in [6.45, 7) is 2.85. The average Bonchev–Trinajstić information content (AvgIpc) is 2.37. The summed E-state index contributed by atoms with van der Waals surface area (Å²) in [7, 11) is 0. The molecule has 0 bridgehead atoms. The SMILES string of the molecule is CCNC(Cc1cc(F)cc(Br)c1)c1ncc(Br)cc1Br. The Labute approximate surface area is 148 Å². The summed E-state index contributed by atoms with van der Waals surface area (Å²) in [4.78, 5) is 4.48. The summed E-state index contributed by atoms with van der Waals surface area (Å²) >= 11 is 10.3. The monoisotopic (exact) mass is 478 g/mol. The summed E-state index contributed by atoms with van der Waals surface area (Å²) in [6.07, 6.45) is 2.43. The number of halogens is 4. The minimum Gasteiger partial charge on any atom is -0.309 e. The van der Waals surface area contributed by atoms with Gasteiger partial charge >= 0.3 is 0 Å². The van der Waals surface area contributed by atoms with E-state index in [2.05, 4.69) is 58.1 Å². The second kappa shape index (κ2) is 7.81. The standard InChI is InChI=1S/C15H14Br3FN2/c1-2-20-14(15-13(18)7-11(17)8-21-15)5-9-3-10(16)6-12(19)4-9/h3-4,6-8,14,20H,2,5H2,1H3. The molecule has 1 N–H and O–H groups in total. The molecule has 0 aliphatic heterocycles. The summed E-state index contributed by atoms with van der Waals surface area (Å²) in [5.74, 6) is -0.238. The number of pyridine rings is 1. The molecule has 21 heavy (non-hydrogen) atoms. The van der Waals surface area contributed by atoms with Crippen molar-refractivity contribution in [2.24, 2.45) is 0 Å². The van der Waals surface area contributed by atoms with Gasteiger partial charge in [-0.1, -0.05) is 22.9 Å². The van der Waals surface area contributed by atoms with E-state index < -0.39 is 0 Å². The Hall–Kier alpha value is -0.300. The first-order valence-corrected chi connectivity index (χ1v) is 8.86. The molecular formula is C15H14Br3FN2. The van der Waals surface area contributed by atoms with Crippen molar-refractivity contribution in [3.63, 3.8) is 0 Å². The van der Waals surface area contributed by atoms with E-state index in [0.29, 0.717) is 6.42 Å². The fourth-order valence-electron chi connectivity index (χ4n) is 2.16. The van der Waals surface area contributed by atoms with Crippen LogP contribution in [0.3, 0.4) is 0 Å². The molecule has 0 aliphatic carbocycles. The van der Waals surface area contributed by atoms with Crippen LogP contribution >= 0.6 is 47.8 Å². The van der Waals surface area contributed by atoms with Crippen LogP contribution in [-0.4, -0.2) is 11.5 Å². The van der Waals surface area contributed by atoms with Crippen LogP contribution in [0.2, 0.25) is 0 Å². The Kier molecular flexibility index (Phi) is 6.34. The molecule has 0 saturated heterocycles. The predicted molar refractivity (Wildman–Crippen MR) is 93.9 cm³/mol. The van der Waals surface area contributed by atoms with Gasteiger partial charge in [0.05, 0.1) is 11.7 Å². The summed E-state index contributed by atoms with van der Waals surface area (Å²) in [6, 6.07) is 6.93. The number of benzene rings is 1. The molecule has 0 aliphatic rings. The third kappa shape index (κ3) is 4.84. The topological polar surface area (TPSA) is 24.9 Å². The predicted octanol–water partition coefficient (Wildman–Crippen LogP) is 5.40. The molecule has 112 valence electrons. The smallest absolute Gasteiger partial charge is 0.124 e. The summed E-state index contributed by atoms with van der Waals surface area (Å²) in [5, 5.41) is 3.40. The van der Waals surface area contributed by atoms with Crippen LogP contribution in [0.4, 0.5) is 4.39 Å². The van der Waals surface area contributed by atoms with E-state index >= 15 is 0 Å². The molecule has 2 aromatic rings. The Balaban J connectivity index is 2.30. The molecule has 2 nitrogen and oxygen atoms in total. The van der Waals surface area contributed by atoms with Gasteiger partial charge in [0.2, 0.25) is 0 Å². The Morgan fingerprint density at radius 1 is 1.14 bits per heavy atom. The zero-order valence-corrected chi connectivity index (χ0v) is 16.1. The zero-order valence-electron chi connectivity index (χ0n) is 11.3. The van der Waals surface area contributed by atoms with Crippen LogP contribution in [-0.2, 0) is 6.42 Å². The number of nitrogens with zero attached hydrogens (tertiary/aromatic N) is 1. The highest BCUT2D eigenvalue weighted by atomic mass is 79.9. The second-order valence-electron chi connectivity index (χ2n) is 4.61. The average molecular weight is 481 g/mol. The lowest BCUT2D eigenvalue weighted by Gasteiger charge is -2.19. The normalized spacial score (nSPS) is 12.4. The number of nitrogens with one attached hydrogen (secondary N) is 1. The van der Waals surface area contributed by atoms with E-state index in [9.17, 15) is 4.39 Å². The van der Waals surface area contributed by atoms with Crippen LogP contribution < -0.4 is 5.32 Å². The van der Waals surface area contributed by atoms with Gasteiger partial charge in [-0.3, -0.25) is 4.98 Å². The van der Waals surface area contributed by atoms with E-state index in [0.717, 1.165) is 31.2 Å². The molecule has 0 amide bonds. The molecule has 1 aromatic heterocycles. The van der Waals surface area contributed by atoms with Crippen molar-refractivity contribution in [1.82, 2.24) is 10.3 Å². The fourth-order valence-corrected chi connectivity index (χ4v) is 3.93. The van der Waals surface area contributed by atoms with Crippen LogP contribution in [0, 0.1) is 5.82 Å². The van der Waals surface area contributed by atoms with Crippen molar-refractivity contribution in [3.05, 3.63) is 61.0 Å². The zero-order chi connectivity index (χ0) is 15.4. The van der Waals surface area contributed by atoms with E-state index in [1.165, 1.54) is 6.07 Å². The maximum absolute atomic E-state index is 13.5. The number of hydrogen-bond acceptors (Lipinski definition) is 2. The second-order valence-corrected chi connectivity index (χ2v) is 7.30. The minimum absolute atomic E-state index is 0.0196. The first kappa shape index (κ1) is 17.1. The van der Waals surface area contributed by atoms with Crippen LogP contribution in [0.25, 0.3) is 0 Å². The maximum atomic E-state index is 13.5. The van der Waals surface area contributed by atoms with Crippen molar-refractivity contribution >= 4 is 47.8 Å². The third-order valence-electron chi connectivity index (χ3n) is 2.98. The maximum Gasteiger partial charge on any atom is 0.124 e. The van der Waals surface area contributed by atoms with Gasteiger partial charge in [-0.15, -0.1) is 0 Å². The highest BCUT2D eigenvalue weighted by Crippen LogP contribution is 2.27. The molecule has 0 spiro atoms. The summed E-state index contributed by atoms with van der Waals surface area (Å²) in [5.41, 5.74) is 1.84. The lowest BCUT2D eigenvalue weighted by atomic mass is 10.0. The Morgan fingerprint density at radius 3 is 2.52 bits per heavy atom. The Morgan fingerprint density at radius 2 is 1.90 bits per heavy atom. The lowest BCUT2D eigenvalue weighted by Crippen LogP contribution is -2.24. The number of hydrogen-bond donors (Lipinski definition) is 1. The van der Waals surface area contributed by atoms with Crippen LogP contribution in [0.5, 0.6) is 0 Å². The van der Waals surface area contributed by atoms with Gasteiger partial charge in [-0.25, -0.2) is 4.39 Å². The van der Waals surface area contributed by atoms with Crippen LogP contribution in [0.1, 0.15) is 24.2 Å². The van der Waals surface area contributed by atoms with Crippen molar-refractivity contribution in [1.29, 1.82) is 0 Å². The quantitative estimate of drug-likeness (QED) is 0.619. The van der Waals surface area contributed by atoms with Crippen molar-refractivity contribution < 1.29 is 4.39 Å². The molecule has 1 unspecified atom stereocenters.